The molecule has 0 spiro atoms. The van der Waals surface area contributed by atoms with E-state index in [0.717, 1.165) is 19.4 Å². The molecule has 0 bridgehead atoms. The number of aromatic nitrogens is 1. The molecule has 0 radical (unpaired) electrons. The molecule has 5 nitrogen and oxygen atoms in total. The number of carbonyl (C=O) groups is 1. The van der Waals surface area contributed by atoms with E-state index >= 15 is 0 Å². The molecule has 0 amide bonds. The van der Waals surface area contributed by atoms with E-state index in [1.165, 1.54) is 12.3 Å². The van der Waals surface area contributed by atoms with E-state index in [0.29, 0.717) is 5.82 Å². The first-order valence-corrected chi connectivity index (χ1v) is 5.29. The number of carboxylic acid groups (broad SMARTS) is 1. The fraction of sp³-hybridized carbons (Fsp3) is 0.455. The van der Waals surface area contributed by atoms with Gasteiger partial charge >= 0.3 is 5.97 Å². The van der Waals surface area contributed by atoms with Crippen molar-refractivity contribution in [2.75, 3.05) is 18.1 Å². The fourth-order valence-electron chi connectivity index (χ4n) is 2.04. The Labute approximate surface area is 93.3 Å². The van der Waals surface area contributed by atoms with Crippen LogP contribution in [0.3, 0.4) is 0 Å². The summed E-state index contributed by atoms with van der Waals surface area (Å²) < 4.78 is 0. The normalized spacial score (nSPS) is 20.1. The smallest absolute Gasteiger partial charge is 0.335 e. The molecule has 1 atom stereocenters. The minimum absolute atomic E-state index is 0.0662. The Morgan fingerprint density at radius 2 is 2.44 bits per heavy atom. The minimum Gasteiger partial charge on any atom is -0.478 e. The molecule has 1 saturated heterocycles. The summed E-state index contributed by atoms with van der Waals surface area (Å²) in [5.41, 5.74) is 0.230. The van der Waals surface area contributed by atoms with Crippen LogP contribution in [-0.2, 0) is 0 Å². The topological polar surface area (TPSA) is 73.7 Å². The Kier molecular flexibility index (Phi) is 3.05. The van der Waals surface area contributed by atoms with Gasteiger partial charge < -0.3 is 15.1 Å². The van der Waals surface area contributed by atoms with E-state index in [-0.39, 0.29) is 18.2 Å². The molecule has 16 heavy (non-hydrogen) atoms. The summed E-state index contributed by atoms with van der Waals surface area (Å²) in [5, 5.41) is 18.1. The number of carboxylic acids is 1. The highest BCUT2D eigenvalue weighted by molar-refractivity contribution is 5.88. The standard InChI is InChI=1S/C11H14N2O3/c14-7-9-2-1-5-13(9)10-6-8(11(15)16)3-4-12-10/h3-4,6,9,14H,1-2,5,7H2,(H,15,16)/t9-/m1/s1. The minimum atomic E-state index is -0.955. The summed E-state index contributed by atoms with van der Waals surface area (Å²) in [6.45, 7) is 0.903. The molecule has 0 aliphatic carbocycles. The van der Waals surface area contributed by atoms with E-state index in [1.54, 1.807) is 6.07 Å². The quantitative estimate of drug-likeness (QED) is 0.789. The average molecular weight is 222 g/mol. The van der Waals surface area contributed by atoms with Crippen molar-refractivity contribution in [1.29, 1.82) is 0 Å². The van der Waals surface area contributed by atoms with Crippen LogP contribution < -0.4 is 4.90 Å². The maximum atomic E-state index is 10.8. The second kappa shape index (κ2) is 4.49. The second-order valence-electron chi connectivity index (χ2n) is 3.88. The number of aromatic carboxylic acids is 1. The molecule has 2 heterocycles. The number of aliphatic hydroxyl groups is 1. The van der Waals surface area contributed by atoms with E-state index in [2.05, 4.69) is 4.98 Å². The van der Waals surface area contributed by atoms with E-state index in [1.807, 2.05) is 4.90 Å². The third kappa shape index (κ3) is 1.99. The van der Waals surface area contributed by atoms with Crippen LogP contribution in [0.4, 0.5) is 5.82 Å². The highest BCUT2D eigenvalue weighted by Gasteiger charge is 2.25. The van der Waals surface area contributed by atoms with Crippen molar-refractivity contribution in [3.05, 3.63) is 23.9 Å². The Bertz CT molecular complexity index is 395. The van der Waals surface area contributed by atoms with Gasteiger partial charge in [0, 0.05) is 12.7 Å². The summed E-state index contributed by atoms with van der Waals surface area (Å²) in [4.78, 5) is 16.9. The number of hydrogen-bond donors (Lipinski definition) is 2. The van der Waals surface area contributed by atoms with E-state index in [9.17, 15) is 9.90 Å². The van der Waals surface area contributed by atoms with Gasteiger partial charge in [-0.15, -0.1) is 0 Å². The Morgan fingerprint density at radius 1 is 1.62 bits per heavy atom. The van der Waals surface area contributed by atoms with Gasteiger partial charge in [0.1, 0.15) is 5.82 Å². The lowest BCUT2D eigenvalue weighted by Gasteiger charge is -2.24. The van der Waals surface area contributed by atoms with Crippen molar-refractivity contribution >= 4 is 11.8 Å². The summed E-state index contributed by atoms with van der Waals surface area (Å²) in [5.74, 6) is -0.320. The molecule has 0 saturated carbocycles. The predicted molar refractivity (Wildman–Crippen MR) is 58.7 cm³/mol. The second-order valence-corrected chi connectivity index (χ2v) is 3.88. The lowest BCUT2D eigenvalue weighted by Crippen LogP contribution is -2.32. The van der Waals surface area contributed by atoms with Crippen molar-refractivity contribution in [2.24, 2.45) is 0 Å². The van der Waals surface area contributed by atoms with Crippen molar-refractivity contribution in [2.45, 2.75) is 18.9 Å². The highest BCUT2D eigenvalue weighted by atomic mass is 16.4. The number of aliphatic hydroxyl groups excluding tert-OH is 1. The van der Waals surface area contributed by atoms with Gasteiger partial charge in [-0.1, -0.05) is 0 Å². The summed E-state index contributed by atoms with van der Waals surface area (Å²) in [7, 11) is 0. The van der Waals surface area contributed by atoms with Gasteiger partial charge in [-0.2, -0.15) is 0 Å². The molecular formula is C11H14N2O3. The van der Waals surface area contributed by atoms with Crippen molar-refractivity contribution < 1.29 is 15.0 Å². The first kappa shape index (κ1) is 10.9. The lowest BCUT2D eigenvalue weighted by molar-refractivity contribution is 0.0697. The maximum absolute atomic E-state index is 10.8. The molecular weight excluding hydrogens is 208 g/mol. The Hall–Kier alpha value is -1.62. The number of nitrogens with zero attached hydrogens (tertiary/aromatic N) is 2. The van der Waals surface area contributed by atoms with Crippen LogP contribution in [0.15, 0.2) is 18.3 Å². The van der Waals surface area contributed by atoms with Crippen LogP contribution in [0.1, 0.15) is 23.2 Å². The third-order valence-electron chi connectivity index (χ3n) is 2.87. The average Bonchev–Trinajstić information content (AvgIpc) is 2.77. The Morgan fingerprint density at radius 3 is 3.12 bits per heavy atom. The zero-order valence-corrected chi connectivity index (χ0v) is 8.83. The van der Waals surface area contributed by atoms with Crippen molar-refractivity contribution in [1.82, 2.24) is 4.98 Å². The molecule has 2 N–H and O–H groups in total. The van der Waals surface area contributed by atoms with Crippen molar-refractivity contribution in [3.8, 4) is 0 Å². The molecule has 2 rings (SSSR count). The SMILES string of the molecule is O=C(O)c1ccnc(N2CCC[C@@H]2CO)c1. The summed E-state index contributed by atoms with van der Waals surface area (Å²) >= 11 is 0. The van der Waals surface area contributed by atoms with Gasteiger partial charge in [0.25, 0.3) is 0 Å². The number of pyridine rings is 1. The van der Waals surface area contributed by atoms with Crippen LogP contribution in [0.2, 0.25) is 0 Å². The van der Waals surface area contributed by atoms with Crippen LogP contribution in [0.5, 0.6) is 0 Å². The lowest BCUT2D eigenvalue weighted by atomic mass is 10.2. The van der Waals surface area contributed by atoms with Gasteiger partial charge in [-0.25, -0.2) is 9.78 Å². The molecule has 1 aromatic rings. The molecule has 0 aromatic carbocycles. The predicted octanol–water partition coefficient (Wildman–Crippen LogP) is 0.741. The molecule has 1 aromatic heterocycles. The van der Waals surface area contributed by atoms with Crippen molar-refractivity contribution in [3.63, 3.8) is 0 Å². The summed E-state index contributed by atoms with van der Waals surface area (Å²) in [6, 6.07) is 3.09. The first-order valence-electron chi connectivity index (χ1n) is 5.29. The van der Waals surface area contributed by atoms with Gasteiger partial charge in [0.15, 0.2) is 0 Å². The Balaban J connectivity index is 2.26. The maximum Gasteiger partial charge on any atom is 0.335 e. The van der Waals surface area contributed by atoms with Gasteiger partial charge in [0.2, 0.25) is 0 Å². The van der Waals surface area contributed by atoms with Crippen LogP contribution >= 0.6 is 0 Å². The third-order valence-corrected chi connectivity index (χ3v) is 2.87. The monoisotopic (exact) mass is 222 g/mol. The van der Waals surface area contributed by atoms with E-state index in [4.69, 9.17) is 5.11 Å². The first-order chi connectivity index (χ1) is 7.72. The summed E-state index contributed by atoms with van der Waals surface area (Å²) in [6.07, 6.45) is 3.42. The molecule has 0 unspecified atom stereocenters. The van der Waals surface area contributed by atoms with E-state index < -0.39 is 5.97 Å². The number of anilines is 1. The zero-order chi connectivity index (χ0) is 11.5. The zero-order valence-electron chi connectivity index (χ0n) is 8.83. The molecule has 86 valence electrons. The fourth-order valence-corrected chi connectivity index (χ4v) is 2.04. The van der Waals surface area contributed by atoms with Gasteiger partial charge in [-0.05, 0) is 25.0 Å². The largest absolute Gasteiger partial charge is 0.478 e. The number of hydrogen-bond acceptors (Lipinski definition) is 4. The number of rotatable bonds is 3. The molecule has 1 fully saturated rings. The van der Waals surface area contributed by atoms with Crippen LogP contribution in [0, 0.1) is 0 Å². The molecule has 1 aliphatic heterocycles. The molecule has 5 heteroatoms. The van der Waals surface area contributed by atoms with Crippen LogP contribution in [-0.4, -0.2) is 40.4 Å². The van der Waals surface area contributed by atoms with Gasteiger partial charge in [-0.3, -0.25) is 0 Å². The van der Waals surface area contributed by atoms with Crippen LogP contribution in [0.25, 0.3) is 0 Å². The highest BCUT2D eigenvalue weighted by Crippen LogP contribution is 2.23. The van der Waals surface area contributed by atoms with Gasteiger partial charge in [0.05, 0.1) is 18.2 Å². The molecule has 1 aliphatic rings.